The van der Waals surface area contributed by atoms with E-state index in [0.29, 0.717) is 0 Å². The van der Waals surface area contributed by atoms with Crippen molar-refractivity contribution >= 4 is 0 Å². The van der Waals surface area contributed by atoms with E-state index >= 15 is 0 Å². The first-order valence-corrected chi connectivity index (χ1v) is 3.78. The van der Waals surface area contributed by atoms with Crippen molar-refractivity contribution in [1.29, 1.82) is 0 Å². The fourth-order valence-electron chi connectivity index (χ4n) is 1.20. The molecule has 0 fully saturated rings. The van der Waals surface area contributed by atoms with Gasteiger partial charge in [0.15, 0.2) is 0 Å². The number of nitrogens with zero attached hydrogens (tertiary/aromatic N) is 3. The smallest absolute Gasteiger partial charge is 0.143 e. The molecule has 0 aromatic carbocycles. The third kappa shape index (κ3) is 1.11. The van der Waals surface area contributed by atoms with Gasteiger partial charge in [-0.05, 0) is 0 Å². The van der Waals surface area contributed by atoms with Crippen molar-refractivity contribution in [3.8, 4) is 0 Å². The molecule has 1 aromatic rings. The topological polar surface area (TPSA) is 41.0 Å². The molecule has 1 N–H and O–H groups in total. The molecule has 0 aliphatic carbocycles. The second-order valence-electron chi connectivity index (χ2n) is 2.68. The van der Waals surface area contributed by atoms with E-state index < -0.39 is 0 Å². The quantitative estimate of drug-likeness (QED) is 0.652. The molecule has 62 valence electrons. The standard InChI is InChI=1S/C8H10N4/c1-12-5-4-11-8(12)7-6-9-2-3-10-7/h2-6,8,11H,1H3. The lowest BCUT2D eigenvalue weighted by Gasteiger charge is -2.19. The van der Waals surface area contributed by atoms with Crippen LogP contribution in [-0.4, -0.2) is 21.9 Å². The van der Waals surface area contributed by atoms with Crippen molar-refractivity contribution in [1.82, 2.24) is 20.2 Å². The Labute approximate surface area is 70.9 Å². The van der Waals surface area contributed by atoms with Crippen LogP contribution in [0.1, 0.15) is 11.9 Å². The first-order valence-electron chi connectivity index (χ1n) is 3.78. The van der Waals surface area contributed by atoms with Gasteiger partial charge in [-0.15, -0.1) is 0 Å². The van der Waals surface area contributed by atoms with Crippen molar-refractivity contribution in [2.45, 2.75) is 6.17 Å². The van der Waals surface area contributed by atoms with Gasteiger partial charge in [-0.3, -0.25) is 9.97 Å². The molecule has 1 aromatic heterocycles. The summed E-state index contributed by atoms with van der Waals surface area (Å²) in [4.78, 5) is 10.3. The molecule has 1 aliphatic heterocycles. The second-order valence-corrected chi connectivity index (χ2v) is 2.68. The van der Waals surface area contributed by atoms with E-state index in [4.69, 9.17) is 0 Å². The Morgan fingerprint density at radius 3 is 3.00 bits per heavy atom. The van der Waals surface area contributed by atoms with Crippen LogP contribution >= 0.6 is 0 Å². The van der Waals surface area contributed by atoms with Crippen LogP contribution in [0.15, 0.2) is 31.0 Å². The Morgan fingerprint density at radius 2 is 2.42 bits per heavy atom. The first kappa shape index (κ1) is 7.09. The third-order valence-corrected chi connectivity index (χ3v) is 1.83. The molecular weight excluding hydrogens is 152 g/mol. The lowest BCUT2D eigenvalue weighted by Crippen LogP contribution is -2.24. The van der Waals surface area contributed by atoms with Crippen LogP contribution in [0, 0.1) is 0 Å². The van der Waals surface area contributed by atoms with Crippen molar-refractivity contribution in [2.75, 3.05) is 7.05 Å². The molecule has 4 heteroatoms. The fraction of sp³-hybridized carbons (Fsp3) is 0.250. The molecule has 0 saturated carbocycles. The summed E-state index contributed by atoms with van der Waals surface area (Å²) in [5.41, 5.74) is 0.935. The van der Waals surface area contributed by atoms with Gasteiger partial charge in [-0.25, -0.2) is 0 Å². The van der Waals surface area contributed by atoms with Gasteiger partial charge in [-0.1, -0.05) is 0 Å². The van der Waals surface area contributed by atoms with Gasteiger partial charge in [0.1, 0.15) is 11.9 Å². The van der Waals surface area contributed by atoms with Crippen LogP contribution in [0.2, 0.25) is 0 Å². The maximum atomic E-state index is 4.20. The largest absolute Gasteiger partial charge is 0.365 e. The fourth-order valence-corrected chi connectivity index (χ4v) is 1.20. The van der Waals surface area contributed by atoms with Crippen LogP contribution in [0.5, 0.6) is 0 Å². The average Bonchev–Trinajstić information content (AvgIpc) is 2.53. The Hall–Kier alpha value is -1.58. The number of rotatable bonds is 1. The third-order valence-electron chi connectivity index (χ3n) is 1.83. The summed E-state index contributed by atoms with van der Waals surface area (Å²) in [6.07, 6.45) is 9.15. The van der Waals surface area contributed by atoms with Gasteiger partial charge >= 0.3 is 0 Å². The highest BCUT2D eigenvalue weighted by Gasteiger charge is 2.17. The predicted molar refractivity (Wildman–Crippen MR) is 44.8 cm³/mol. The SMILES string of the molecule is CN1C=CNC1c1cnccn1. The van der Waals surface area contributed by atoms with E-state index in [2.05, 4.69) is 15.3 Å². The van der Waals surface area contributed by atoms with E-state index in [9.17, 15) is 0 Å². The highest BCUT2D eigenvalue weighted by Crippen LogP contribution is 2.16. The molecule has 12 heavy (non-hydrogen) atoms. The number of hydrogen-bond donors (Lipinski definition) is 1. The molecule has 2 heterocycles. The van der Waals surface area contributed by atoms with Crippen molar-refractivity contribution in [3.05, 3.63) is 36.7 Å². The number of hydrogen-bond acceptors (Lipinski definition) is 4. The summed E-state index contributed by atoms with van der Waals surface area (Å²) in [6, 6.07) is 0. The Bertz CT molecular complexity index is 282. The van der Waals surface area contributed by atoms with Gasteiger partial charge in [0.05, 0.1) is 6.20 Å². The molecule has 2 rings (SSSR count). The van der Waals surface area contributed by atoms with Crippen LogP contribution < -0.4 is 5.32 Å². The van der Waals surface area contributed by atoms with E-state index in [1.807, 2.05) is 24.3 Å². The van der Waals surface area contributed by atoms with Crippen LogP contribution in [0.4, 0.5) is 0 Å². The Kier molecular flexibility index (Phi) is 1.66. The van der Waals surface area contributed by atoms with Gasteiger partial charge in [0.25, 0.3) is 0 Å². The van der Waals surface area contributed by atoms with Gasteiger partial charge < -0.3 is 10.2 Å². The second kappa shape index (κ2) is 2.81. The summed E-state index contributed by atoms with van der Waals surface area (Å²) < 4.78 is 0. The van der Waals surface area contributed by atoms with Gasteiger partial charge in [-0.2, -0.15) is 0 Å². The highest BCUT2D eigenvalue weighted by molar-refractivity contribution is 5.08. The Morgan fingerprint density at radius 1 is 1.50 bits per heavy atom. The lowest BCUT2D eigenvalue weighted by molar-refractivity contribution is 0.332. The van der Waals surface area contributed by atoms with Crippen molar-refractivity contribution < 1.29 is 0 Å². The van der Waals surface area contributed by atoms with E-state index in [1.165, 1.54) is 0 Å². The van der Waals surface area contributed by atoms with E-state index in [-0.39, 0.29) is 6.17 Å². The molecule has 0 saturated heterocycles. The molecule has 0 radical (unpaired) electrons. The zero-order valence-electron chi connectivity index (χ0n) is 6.81. The monoisotopic (exact) mass is 162 g/mol. The maximum absolute atomic E-state index is 4.20. The molecule has 0 spiro atoms. The number of aromatic nitrogens is 2. The summed E-state index contributed by atoms with van der Waals surface area (Å²) >= 11 is 0. The van der Waals surface area contributed by atoms with E-state index in [1.54, 1.807) is 18.6 Å². The average molecular weight is 162 g/mol. The van der Waals surface area contributed by atoms with Crippen molar-refractivity contribution in [3.63, 3.8) is 0 Å². The predicted octanol–water partition coefficient (Wildman–Crippen LogP) is 0.481. The minimum absolute atomic E-state index is 0.138. The minimum atomic E-state index is 0.138. The summed E-state index contributed by atoms with van der Waals surface area (Å²) in [6.45, 7) is 0. The minimum Gasteiger partial charge on any atom is -0.365 e. The van der Waals surface area contributed by atoms with Crippen LogP contribution in [0.25, 0.3) is 0 Å². The molecule has 0 bridgehead atoms. The zero-order valence-corrected chi connectivity index (χ0v) is 6.81. The molecule has 1 aliphatic rings. The summed E-state index contributed by atoms with van der Waals surface area (Å²) in [7, 11) is 2.00. The van der Waals surface area contributed by atoms with E-state index in [0.717, 1.165) is 5.69 Å². The molecule has 1 atom stereocenters. The summed E-state index contributed by atoms with van der Waals surface area (Å²) in [5, 5.41) is 3.17. The Balaban J connectivity index is 2.22. The van der Waals surface area contributed by atoms with Gasteiger partial charge in [0, 0.05) is 31.8 Å². The van der Waals surface area contributed by atoms with Crippen LogP contribution in [-0.2, 0) is 0 Å². The normalized spacial score (nSPS) is 21.1. The highest BCUT2D eigenvalue weighted by atomic mass is 15.3. The molecular formula is C8H10N4. The van der Waals surface area contributed by atoms with Crippen molar-refractivity contribution in [2.24, 2.45) is 0 Å². The van der Waals surface area contributed by atoms with Crippen LogP contribution in [0.3, 0.4) is 0 Å². The lowest BCUT2D eigenvalue weighted by atomic mass is 10.3. The molecule has 4 nitrogen and oxygen atoms in total. The molecule has 1 unspecified atom stereocenters. The molecule has 0 amide bonds. The zero-order chi connectivity index (χ0) is 8.39. The maximum Gasteiger partial charge on any atom is 0.143 e. The summed E-state index contributed by atoms with van der Waals surface area (Å²) in [5.74, 6) is 0. The van der Waals surface area contributed by atoms with Gasteiger partial charge in [0.2, 0.25) is 0 Å². The first-order chi connectivity index (χ1) is 5.88. The number of nitrogens with one attached hydrogen (secondary N) is 1.